The molecular formula is C16H33IN4O2S. The number of hydrogen-bond acceptors (Lipinski definition) is 4. The standard InChI is InChI=1S/C16H32N4O2S.HI/c1-16(2)14-20(12-13-23(16,21)22)15(17-3)18-8-4-5-9-19-10-6-7-11-19;/h4-14H2,1-3H3,(H,17,18);1H. The minimum Gasteiger partial charge on any atom is -0.356 e. The maximum atomic E-state index is 12.1. The maximum absolute atomic E-state index is 12.1. The van der Waals surface area contributed by atoms with Crippen LogP contribution in [-0.2, 0) is 9.84 Å². The van der Waals surface area contributed by atoms with Gasteiger partial charge in [0, 0.05) is 26.7 Å². The first kappa shape index (κ1) is 22.0. The quantitative estimate of drug-likeness (QED) is 0.285. The maximum Gasteiger partial charge on any atom is 0.193 e. The molecule has 2 rings (SSSR count). The highest BCUT2D eigenvalue weighted by atomic mass is 127. The van der Waals surface area contributed by atoms with Crippen LogP contribution in [0.2, 0.25) is 0 Å². The predicted molar refractivity (Wildman–Crippen MR) is 111 cm³/mol. The number of nitrogens with one attached hydrogen (secondary N) is 1. The van der Waals surface area contributed by atoms with E-state index in [4.69, 9.17) is 0 Å². The van der Waals surface area contributed by atoms with Crippen molar-refractivity contribution in [3.8, 4) is 0 Å². The van der Waals surface area contributed by atoms with Crippen LogP contribution in [0.4, 0.5) is 0 Å². The van der Waals surface area contributed by atoms with Crippen molar-refractivity contribution in [1.82, 2.24) is 15.1 Å². The summed E-state index contributed by atoms with van der Waals surface area (Å²) in [7, 11) is -1.24. The van der Waals surface area contributed by atoms with Crippen molar-refractivity contribution in [2.24, 2.45) is 4.99 Å². The zero-order valence-electron chi connectivity index (χ0n) is 15.3. The molecule has 1 N–H and O–H groups in total. The fraction of sp³-hybridized carbons (Fsp3) is 0.938. The molecule has 8 heteroatoms. The lowest BCUT2D eigenvalue weighted by Gasteiger charge is -2.39. The summed E-state index contributed by atoms with van der Waals surface area (Å²) in [6.45, 7) is 9.23. The molecule has 0 spiro atoms. The molecule has 0 saturated carbocycles. The second-order valence-electron chi connectivity index (χ2n) is 7.23. The van der Waals surface area contributed by atoms with E-state index in [1.165, 1.54) is 38.9 Å². The normalized spacial score (nSPS) is 23.8. The van der Waals surface area contributed by atoms with E-state index in [0.29, 0.717) is 13.1 Å². The number of nitrogens with zero attached hydrogens (tertiary/aromatic N) is 3. The Morgan fingerprint density at radius 3 is 2.42 bits per heavy atom. The van der Waals surface area contributed by atoms with Gasteiger partial charge in [-0.05, 0) is 59.2 Å². The highest BCUT2D eigenvalue weighted by Crippen LogP contribution is 2.23. The highest BCUT2D eigenvalue weighted by Gasteiger charge is 2.40. The Morgan fingerprint density at radius 1 is 1.17 bits per heavy atom. The SMILES string of the molecule is CN=C(NCCCCN1CCCC1)N1CCS(=O)(=O)C(C)(C)C1.I. The van der Waals surface area contributed by atoms with Crippen molar-refractivity contribution in [2.75, 3.05) is 52.1 Å². The van der Waals surface area contributed by atoms with Crippen molar-refractivity contribution in [3.63, 3.8) is 0 Å². The van der Waals surface area contributed by atoms with Gasteiger partial charge in [0.2, 0.25) is 0 Å². The summed E-state index contributed by atoms with van der Waals surface area (Å²) < 4.78 is 23.5. The molecule has 0 bridgehead atoms. The van der Waals surface area contributed by atoms with Crippen LogP contribution in [0.3, 0.4) is 0 Å². The predicted octanol–water partition coefficient (Wildman–Crippen LogP) is 1.56. The Morgan fingerprint density at radius 2 is 1.83 bits per heavy atom. The van der Waals surface area contributed by atoms with Gasteiger partial charge in [-0.3, -0.25) is 4.99 Å². The van der Waals surface area contributed by atoms with Gasteiger partial charge in [-0.2, -0.15) is 0 Å². The third-order valence-electron chi connectivity index (χ3n) is 4.94. The van der Waals surface area contributed by atoms with E-state index in [1.54, 1.807) is 20.9 Å². The molecule has 2 aliphatic heterocycles. The number of likely N-dealkylation sites (tertiary alicyclic amines) is 1. The van der Waals surface area contributed by atoms with E-state index in [0.717, 1.165) is 18.9 Å². The first-order chi connectivity index (χ1) is 10.9. The van der Waals surface area contributed by atoms with E-state index >= 15 is 0 Å². The van der Waals surface area contributed by atoms with Crippen LogP contribution in [0.25, 0.3) is 0 Å². The number of halogens is 1. The molecular weight excluding hydrogens is 439 g/mol. The van der Waals surface area contributed by atoms with E-state index < -0.39 is 14.6 Å². The number of guanidine groups is 1. The van der Waals surface area contributed by atoms with Gasteiger partial charge in [0.1, 0.15) is 0 Å². The number of hydrogen-bond donors (Lipinski definition) is 1. The summed E-state index contributed by atoms with van der Waals surface area (Å²) in [5.74, 6) is 1.03. The largest absolute Gasteiger partial charge is 0.356 e. The van der Waals surface area contributed by atoms with Crippen molar-refractivity contribution < 1.29 is 8.42 Å². The summed E-state index contributed by atoms with van der Waals surface area (Å²) in [6, 6.07) is 0. The summed E-state index contributed by atoms with van der Waals surface area (Å²) in [6.07, 6.45) is 5.01. The van der Waals surface area contributed by atoms with Gasteiger partial charge in [0.15, 0.2) is 15.8 Å². The molecule has 0 aromatic rings. The molecule has 0 amide bonds. The molecule has 2 heterocycles. The van der Waals surface area contributed by atoms with E-state index in [9.17, 15) is 8.42 Å². The second-order valence-corrected chi connectivity index (χ2v) is 9.97. The van der Waals surface area contributed by atoms with Crippen LogP contribution >= 0.6 is 24.0 Å². The molecule has 0 aromatic heterocycles. The lowest BCUT2D eigenvalue weighted by Crippen LogP contribution is -2.57. The van der Waals surface area contributed by atoms with Gasteiger partial charge in [0.05, 0.1) is 10.5 Å². The van der Waals surface area contributed by atoms with Crippen molar-refractivity contribution in [2.45, 2.75) is 44.3 Å². The molecule has 2 saturated heterocycles. The zero-order valence-corrected chi connectivity index (χ0v) is 18.4. The number of unbranched alkanes of at least 4 members (excludes halogenated alkanes) is 1. The van der Waals surface area contributed by atoms with Gasteiger partial charge in [-0.15, -0.1) is 24.0 Å². The van der Waals surface area contributed by atoms with Crippen LogP contribution in [0.15, 0.2) is 4.99 Å². The van der Waals surface area contributed by atoms with Crippen LogP contribution in [0.1, 0.15) is 39.5 Å². The Bertz CT molecular complexity index is 516. The fourth-order valence-corrected chi connectivity index (χ4v) is 4.69. The van der Waals surface area contributed by atoms with Crippen LogP contribution in [0, 0.1) is 0 Å². The summed E-state index contributed by atoms with van der Waals surface area (Å²) in [5.41, 5.74) is 0. The van der Waals surface area contributed by atoms with E-state index in [1.807, 2.05) is 0 Å². The van der Waals surface area contributed by atoms with Gasteiger partial charge in [-0.25, -0.2) is 8.42 Å². The van der Waals surface area contributed by atoms with Gasteiger partial charge >= 0.3 is 0 Å². The number of aliphatic imine (C=N–C) groups is 1. The smallest absolute Gasteiger partial charge is 0.193 e. The lowest BCUT2D eigenvalue weighted by molar-refractivity contribution is 0.328. The van der Waals surface area contributed by atoms with E-state index in [-0.39, 0.29) is 29.7 Å². The molecule has 24 heavy (non-hydrogen) atoms. The van der Waals surface area contributed by atoms with Crippen molar-refractivity contribution in [3.05, 3.63) is 0 Å². The Kier molecular flexibility index (Phi) is 8.75. The third-order valence-corrected chi connectivity index (χ3v) is 7.47. The molecule has 0 atom stereocenters. The fourth-order valence-electron chi connectivity index (χ4n) is 3.32. The average molecular weight is 472 g/mol. The van der Waals surface area contributed by atoms with Gasteiger partial charge in [0.25, 0.3) is 0 Å². The van der Waals surface area contributed by atoms with Crippen molar-refractivity contribution >= 4 is 39.8 Å². The van der Waals surface area contributed by atoms with E-state index in [2.05, 4.69) is 20.1 Å². The first-order valence-corrected chi connectivity index (χ1v) is 10.4. The molecule has 0 aromatic carbocycles. The summed E-state index contributed by atoms with van der Waals surface area (Å²) in [4.78, 5) is 8.93. The summed E-state index contributed by atoms with van der Waals surface area (Å²) in [5, 5.41) is 3.39. The first-order valence-electron chi connectivity index (χ1n) is 8.76. The van der Waals surface area contributed by atoms with Crippen LogP contribution in [0.5, 0.6) is 0 Å². The van der Waals surface area contributed by atoms with Gasteiger partial charge < -0.3 is 15.1 Å². The third kappa shape index (κ3) is 5.72. The minimum absolute atomic E-state index is 0. The number of rotatable bonds is 5. The molecule has 0 unspecified atom stereocenters. The number of sulfone groups is 1. The molecule has 6 nitrogen and oxygen atoms in total. The molecule has 142 valence electrons. The Hall–Kier alpha value is -0.0900. The molecule has 0 radical (unpaired) electrons. The minimum atomic E-state index is -3.00. The molecule has 0 aliphatic carbocycles. The van der Waals surface area contributed by atoms with Crippen LogP contribution in [-0.4, -0.2) is 81.0 Å². The monoisotopic (exact) mass is 472 g/mol. The molecule has 2 fully saturated rings. The zero-order chi connectivity index (χ0) is 16.9. The summed E-state index contributed by atoms with van der Waals surface area (Å²) >= 11 is 0. The average Bonchev–Trinajstić information content (AvgIpc) is 2.99. The lowest BCUT2D eigenvalue weighted by atomic mass is 10.2. The highest BCUT2D eigenvalue weighted by molar-refractivity contribution is 14.0. The second kappa shape index (κ2) is 9.56. The molecule has 2 aliphatic rings. The Balaban J connectivity index is 0.00000288. The van der Waals surface area contributed by atoms with Crippen LogP contribution < -0.4 is 5.32 Å². The Labute approximate surface area is 164 Å². The topological polar surface area (TPSA) is 65.0 Å². The van der Waals surface area contributed by atoms with Crippen molar-refractivity contribution in [1.29, 1.82) is 0 Å². The van der Waals surface area contributed by atoms with Gasteiger partial charge in [-0.1, -0.05) is 0 Å².